The molecule has 0 spiro atoms. The topological polar surface area (TPSA) is 107 Å². The fourth-order valence-electron chi connectivity index (χ4n) is 5.17. The summed E-state index contributed by atoms with van der Waals surface area (Å²) in [6.07, 6.45) is -0.722. The van der Waals surface area contributed by atoms with E-state index in [2.05, 4.69) is 43.9 Å². The number of aromatic amines is 1. The highest BCUT2D eigenvalue weighted by Gasteiger charge is 2.36. The Hall–Kier alpha value is -3.97. The highest BCUT2D eigenvalue weighted by Crippen LogP contribution is 2.35. The van der Waals surface area contributed by atoms with E-state index in [4.69, 9.17) is 4.74 Å². The number of halogens is 3. The van der Waals surface area contributed by atoms with Crippen molar-refractivity contribution in [3.8, 4) is 11.1 Å². The molecule has 3 aromatic rings. The highest BCUT2D eigenvalue weighted by atomic mass is 19.4. The average molecular weight is 572 g/mol. The lowest BCUT2D eigenvalue weighted by atomic mass is 10.0. The van der Waals surface area contributed by atoms with Crippen molar-refractivity contribution in [2.45, 2.75) is 32.1 Å². The monoisotopic (exact) mass is 571 g/mol. The first-order chi connectivity index (χ1) is 19.5. The maximum absolute atomic E-state index is 13.7. The number of piperazine rings is 1. The summed E-state index contributed by atoms with van der Waals surface area (Å²) in [5.74, 6) is -0.401. The number of carbonyl (C=O) groups is 1. The molecule has 0 aliphatic carbocycles. The molecule has 2 N–H and O–H groups in total. The van der Waals surface area contributed by atoms with Crippen LogP contribution in [0.2, 0.25) is 0 Å². The Balaban J connectivity index is 1.50. The molecule has 2 unspecified atom stereocenters. The minimum atomic E-state index is -4.88. The van der Waals surface area contributed by atoms with Crippen LogP contribution in [0.3, 0.4) is 0 Å². The summed E-state index contributed by atoms with van der Waals surface area (Å²) >= 11 is 0. The predicted molar refractivity (Wildman–Crippen MR) is 149 cm³/mol. The third-order valence-electron chi connectivity index (χ3n) is 7.69. The molecular formula is C28H32F3N7O3. The summed E-state index contributed by atoms with van der Waals surface area (Å²) in [7, 11) is 2.05. The molecule has 2 saturated heterocycles. The van der Waals surface area contributed by atoms with E-state index in [1.165, 1.54) is 0 Å². The summed E-state index contributed by atoms with van der Waals surface area (Å²) in [4.78, 5) is 42.5. The van der Waals surface area contributed by atoms with E-state index in [0.717, 1.165) is 6.20 Å². The summed E-state index contributed by atoms with van der Waals surface area (Å²) < 4.78 is 46.5. The van der Waals surface area contributed by atoms with Crippen molar-refractivity contribution < 1.29 is 22.7 Å². The van der Waals surface area contributed by atoms with Crippen molar-refractivity contribution in [1.82, 2.24) is 19.9 Å². The summed E-state index contributed by atoms with van der Waals surface area (Å²) in [6, 6.07) is 6.25. The molecule has 5 rings (SSSR count). The Morgan fingerprint density at radius 1 is 1.02 bits per heavy atom. The Bertz CT molecular complexity index is 1440. The zero-order chi connectivity index (χ0) is 29.3. The molecule has 41 heavy (non-hydrogen) atoms. The van der Waals surface area contributed by atoms with Gasteiger partial charge >= 0.3 is 6.18 Å². The van der Waals surface area contributed by atoms with Gasteiger partial charge in [0.05, 0.1) is 35.7 Å². The van der Waals surface area contributed by atoms with Gasteiger partial charge < -0.3 is 24.8 Å². The van der Waals surface area contributed by atoms with Crippen molar-refractivity contribution in [1.29, 1.82) is 0 Å². The number of pyridine rings is 1. The molecule has 2 aromatic heterocycles. The molecule has 0 radical (unpaired) electrons. The number of hydrogen-bond acceptors (Lipinski definition) is 8. The van der Waals surface area contributed by atoms with Crippen LogP contribution in [0.15, 0.2) is 47.7 Å². The second-order valence-corrected chi connectivity index (χ2v) is 10.4. The minimum absolute atomic E-state index is 0.208. The molecule has 4 heterocycles. The number of morpholine rings is 1. The molecule has 2 aliphatic heterocycles. The van der Waals surface area contributed by atoms with E-state index in [1.807, 2.05) is 24.1 Å². The molecule has 1 amide bonds. The molecular weight excluding hydrogens is 539 g/mol. The number of benzene rings is 1. The first-order valence-corrected chi connectivity index (χ1v) is 13.4. The largest absolute Gasteiger partial charge is 0.417 e. The first-order valence-electron chi connectivity index (χ1n) is 13.4. The number of carbonyl (C=O) groups excluding carboxylic acids is 1. The normalized spacial score (nSPS) is 20.2. The lowest BCUT2D eigenvalue weighted by Crippen LogP contribution is -2.55. The average Bonchev–Trinajstić information content (AvgIpc) is 2.95. The van der Waals surface area contributed by atoms with Crippen molar-refractivity contribution in [3.63, 3.8) is 0 Å². The van der Waals surface area contributed by atoms with Gasteiger partial charge in [-0.3, -0.25) is 14.5 Å². The first kappa shape index (κ1) is 28.6. The van der Waals surface area contributed by atoms with E-state index in [9.17, 15) is 22.8 Å². The molecule has 0 saturated carbocycles. The van der Waals surface area contributed by atoms with Crippen LogP contribution in [-0.2, 0) is 10.9 Å². The number of alkyl halides is 3. The molecule has 2 fully saturated rings. The van der Waals surface area contributed by atoms with Crippen molar-refractivity contribution in [2.24, 2.45) is 0 Å². The van der Waals surface area contributed by atoms with E-state index < -0.39 is 28.8 Å². The third kappa shape index (κ3) is 6.20. The Kier molecular flexibility index (Phi) is 8.00. The standard InChI is InChI=1S/C28H32F3N7O3/c1-17-15-38(16-18(2)36(17)3)24-5-4-19(20-12-33-27(34-13-20)37-6-8-41-9-7-37)10-23(24)35-26(40)21-14-32-25(39)11-22(21)28(29,30)31/h4-5,10-14,17-18H,6-9,15-16H2,1-3H3,(H,32,39)(H,35,40). The van der Waals surface area contributed by atoms with Gasteiger partial charge in [0, 0.05) is 68.5 Å². The van der Waals surface area contributed by atoms with Gasteiger partial charge in [-0.2, -0.15) is 13.2 Å². The number of ether oxygens (including phenoxy) is 1. The number of H-pyrrole nitrogens is 1. The number of nitrogens with one attached hydrogen (secondary N) is 2. The molecule has 0 bridgehead atoms. The predicted octanol–water partition coefficient (Wildman–Crippen LogP) is 3.47. The van der Waals surface area contributed by atoms with Crippen LogP contribution in [0, 0.1) is 0 Å². The molecule has 2 atom stereocenters. The lowest BCUT2D eigenvalue weighted by molar-refractivity contribution is -0.138. The van der Waals surface area contributed by atoms with Gasteiger partial charge in [0.15, 0.2) is 0 Å². The van der Waals surface area contributed by atoms with Gasteiger partial charge in [-0.1, -0.05) is 6.07 Å². The number of nitrogens with zero attached hydrogens (tertiary/aromatic N) is 5. The van der Waals surface area contributed by atoms with E-state index in [0.29, 0.717) is 73.9 Å². The maximum atomic E-state index is 13.7. The smallest absolute Gasteiger partial charge is 0.378 e. The number of likely N-dealkylation sites (N-methyl/N-ethyl adjacent to an activating group) is 1. The molecule has 2 aliphatic rings. The second kappa shape index (κ2) is 11.5. The Labute approximate surface area is 235 Å². The third-order valence-corrected chi connectivity index (χ3v) is 7.69. The zero-order valence-corrected chi connectivity index (χ0v) is 23.0. The van der Waals surface area contributed by atoms with Gasteiger partial charge in [0.25, 0.3) is 5.91 Å². The molecule has 10 nitrogen and oxygen atoms in total. The number of anilines is 3. The highest BCUT2D eigenvalue weighted by molar-refractivity contribution is 6.07. The van der Waals surface area contributed by atoms with Crippen LogP contribution in [0.1, 0.15) is 29.8 Å². The maximum Gasteiger partial charge on any atom is 0.417 e. The SMILES string of the molecule is CC1CN(c2ccc(-c3cnc(N4CCOCC4)nc3)cc2NC(=O)c2c[nH]c(=O)cc2C(F)(F)F)CC(C)N1C. The molecule has 218 valence electrons. The van der Waals surface area contributed by atoms with E-state index in [-0.39, 0.29) is 12.1 Å². The van der Waals surface area contributed by atoms with Gasteiger partial charge in [-0.05, 0) is 38.6 Å². The van der Waals surface area contributed by atoms with Crippen LogP contribution in [-0.4, -0.2) is 84.3 Å². The van der Waals surface area contributed by atoms with Gasteiger partial charge in [-0.15, -0.1) is 0 Å². The van der Waals surface area contributed by atoms with Gasteiger partial charge in [-0.25, -0.2) is 9.97 Å². The molecule has 1 aromatic carbocycles. The molecule has 13 heteroatoms. The number of aromatic nitrogens is 3. The van der Waals surface area contributed by atoms with Crippen LogP contribution < -0.4 is 20.7 Å². The van der Waals surface area contributed by atoms with Crippen molar-refractivity contribution in [2.75, 3.05) is 61.6 Å². The minimum Gasteiger partial charge on any atom is -0.378 e. The van der Waals surface area contributed by atoms with E-state index >= 15 is 0 Å². The van der Waals surface area contributed by atoms with Gasteiger partial charge in [0.2, 0.25) is 11.5 Å². The van der Waals surface area contributed by atoms with Crippen molar-refractivity contribution >= 4 is 23.2 Å². The Morgan fingerprint density at radius 3 is 2.32 bits per heavy atom. The fourth-order valence-corrected chi connectivity index (χ4v) is 5.17. The lowest BCUT2D eigenvalue weighted by Gasteiger charge is -2.44. The van der Waals surface area contributed by atoms with E-state index in [1.54, 1.807) is 18.5 Å². The van der Waals surface area contributed by atoms with Crippen molar-refractivity contribution in [3.05, 3.63) is 64.3 Å². The Morgan fingerprint density at radius 2 is 1.68 bits per heavy atom. The number of hydrogen-bond donors (Lipinski definition) is 2. The summed E-state index contributed by atoms with van der Waals surface area (Å²) in [5, 5.41) is 2.69. The fraction of sp³-hybridized carbons (Fsp3) is 0.429. The van der Waals surface area contributed by atoms with Gasteiger partial charge in [0.1, 0.15) is 0 Å². The summed E-state index contributed by atoms with van der Waals surface area (Å²) in [6.45, 7) is 8.10. The quantitative estimate of drug-likeness (QED) is 0.480. The van der Waals surface area contributed by atoms with Crippen LogP contribution >= 0.6 is 0 Å². The van der Waals surface area contributed by atoms with Crippen LogP contribution in [0.25, 0.3) is 11.1 Å². The number of rotatable bonds is 5. The number of amides is 1. The second-order valence-electron chi connectivity index (χ2n) is 10.4. The summed E-state index contributed by atoms with van der Waals surface area (Å²) in [5.41, 5.74) is -0.532. The van der Waals surface area contributed by atoms with Crippen LogP contribution in [0.5, 0.6) is 0 Å². The van der Waals surface area contributed by atoms with Crippen LogP contribution in [0.4, 0.5) is 30.5 Å². The zero-order valence-electron chi connectivity index (χ0n) is 23.0.